The van der Waals surface area contributed by atoms with E-state index in [9.17, 15) is 13.2 Å². The van der Waals surface area contributed by atoms with Gasteiger partial charge in [0.2, 0.25) is 0 Å². The fourth-order valence-electron chi connectivity index (χ4n) is 2.08. The third-order valence-corrected chi connectivity index (χ3v) is 3.15. The van der Waals surface area contributed by atoms with Crippen molar-refractivity contribution in [2.75, 3.05) is 13.2 Å². The van der Waals surface area contributed by atoms with Crippen LogP contribution in [0.25, 0.3) is 0 Å². The molecule has 18 heavy (non-hydrogen) atoms. The summed E-state index contributed by atoms with van der Waals surface area (Å²) < 4.78 is 42.5. The molecule has 0 aliphatic carbocycles. The molecule has 1 saturated heterocycles. The summed E-state index contributed by atoms with van der Waals surface area (Å²) in [6.45, 7) is 3.36. The molecule has 1 fully saturated rings. The van der Waals surface area contributed by atoms with E-state index >= 15 is 0 Å². The predicted molar refractivity (Wildman–Crippen MR) is 62.2 cm³/mol. The van der Waals surface area contributed by atoms with Crippen LogP contribution in [-0.2, 0) is 10.9 Å². The van der Waals surface area contributed by atoms with Crippen LogP contribution in [0.1, 0.15) is 30.5 Å². The smallest absolute Gasteiger partial charge is 0.380 e. The number of halogens is 3. The molecule has 0 aromatic heterocycles. The second-order valence-electron chi connectivity index (χ2n) is 4.57. The number of nitrogens with one attached hydrogen (secondary N) is 1. The Kier molecular flexibility index (Phi) is 3.92. The van der Waals surface area contributed by atoms with Crippen molar-refractivity contribution in [3.8, 4) is 0 Å². The first-order chi connectivity index (χ1) is 8.47. The molecule has 1 aromatic carbocycles. The summed E-state index contributed by atoms with van der Waals surface area (Å²) in [5, 5.41) is 3.35. The van der Waals surface area contributed by atoms with Crippen LogP contribution in [0.4, 0.5) is 13.2 Å². The Bertz CT molecular complexity index is 382. The Balaban J connectivity index is 2.00. The molecule has 1 aliphatic rings. The number of alkyl halides is 3. The first kappa shape index (κ1) is 13.4. The number of benzene rings is 1. The van der Waals surface area contributed by atoms with Crippen molar-refractivity contribution in [2.45, 2.75) is 31.6 Å². The van der Waals surface area contributed by atoms with Crippen molar-refractivity contribution in [2.24, 2.45) is 0 Å². The van der Waals surface area contributed by atoms with Gasteiger partial charge in [0.15, 0.2) is 0 Å². The van der Waals surface area contributed by atoms with Gasteiger partial charge < -0.3 is 10.1 Å². The van der Waals surface area contributed by atoms with Gasteiger partial charge in [-0.2, -0.15) is 13.2 Å². The van der Waals surface area contributed by atoms with Crippen molar-refractivity contribution >= 4 is 0 Å². The highest BCUT2D eigenvalue weighted by atomic mass is 19.4. The maximum atomic E-state index is 12.4. The van der Waals surface area contributed by atoms with Gasteiger partial charge in [0.05, 0.1) is 12.2 Å². The summed E-state index contributed by atoms with van der Waals surface area (Å²) in [6.07, 6.45) is -3.32. The van der Waals surface area contributed by atoms with Gasteiger partial charge in [0, 0.05) is 18.7 Å². The van der Waals surface area contributed by atoms with E-state index in [1.165, 1.54) is 12.1 Å². The zero-order valence-corrected chi connectivity index (χ0v) is 10.1. The molecule has 1 aliphatic heterocycles. The summed E-state index contributed by atoms with van der Waals surface area (Å²) in [4.78, 5) is 0. The number of rotatable bonds is 3. The highest BCUT2D eigenvalue weighted by Gasteiger charge is 2.30. The van der Waals surface area contributed by atoms with Crippen molar-refractivity contribution < 1.29 is 17.9 Å². The highest BCUT2D eigenvalue weighted by Crippen LogP contribution is 2.30. The van der Waals surface area contributed by atoms with Gasteiger partial charge in [0.1, 0.15) is 0 Å². The fraction of sp³-hybridized carbons (Fsp3) is 0.538. The van der Waals surface area contributed by atoms with Crippen LogP contribution in [0.2, 0.25) is 0 Å². The molecule has 5 heteroatoms. The minimum atomic E-state index is -4.27. The lowest BCUT2D eigenvalue weighted by Crippen LogP contribution is -2.31. The van der Waals surface area contributed by atoms with Gasteiger partial charge in [-0.15, -0.1) is 0 Å². The van der Waals surface area contributed by atoms with Gasteiger partial charge in [-0.1, -0.05) is 12.1 Å². The van der Waals surface area contributed by atoms with E-state index in [-0.39, 0.29) is 6.04 Å². The molecule has 2 atom stereocenters. The third kappa shape index (κ3) is 3.23. The summed E-state index contributed by atoms with van der Waals surface area (Å²) in [6, 6.07) is 5.62. The minimum absolute atomic E-state index is 0.0268. The third-order valence-electron chi connectivity index (χ3n) is 3.15. The van der Waals surface area contributed by atoms with Crippen molar-refractivity contribution in [1.82, 2.24) is 5.32 Å². The van der Waals surface area contributed by atoms with Crippen LogP contribution in [-0.4, -0.2) is 19.3 Å². The first-order valence-corrected chi connectivity index (χ1v) is 5.98. The molecule has 0 saturated carbocycles. The fourth-order valence-corrected chi connectivity index (χ4v) is 2.08. The molecule has 0 radical (unpaired) electrons. The van der Waals surface area contributed by atoms with Crippen LogP contribution in [0.5, 0.6) is 0 Å². The SMILES string of the molecule is CC(NC1CCOC1)c1ccc(C(F)(F)F)cc1. The first-order valence-electron chi connectivity index (χ1n) is 5.98. The van der Waals surface area contributed by atoms with Crippen LogP contribution in [0, 0.1) is 0 Å². The predicted octanol–water partition coefficient (Wildman–Crippen LogP) is 3.14. The molecule has 0 spiro atoms. The molecule has 1 heterocycles. The molecule has 0 bridgehead atoms. The lowest BCUT2D eigenvalue weighted by Gasteiger charge is -2.19. The van der Waals surface area contributed by atoms with E-state index < -0.39 is 11.7 Å². The maximum absolute atomic E-state index is 12.4. The molecule has 2 nitrogen and oxygen atoms in total. The standard InChI is InChI=1S/C13H16F3NO/c1-9(17-12-6-7-18-8-12)10-2-4-11(5-3-10)13(14,15)16/h2-5,9,12,17H,6-8H2,1H3. The molecule has 100 valence electrons. The minimum Gasteiger partial charge on any atom is -0.380 e. The van der Waals surface area contributed by atoms with E-state index in [2.05, 4.69) is 5.32 Å². The van der Waals surface area contributed by atoms with Gasteiger partial charge in [0.25, 0.3) is 0 Å². The summed E-state index contributed by atoms with van der Waals surface area (Å²) in [5.41, 5.74) is 0.248. The quantitative estimate of drug-likeness (QED) is 0.900. The average Bonchev–Trinajstić information content (AvgIpc) is 2.81. The monoisotopic (exact) mass is 259 g/mol. The normalized spacial score (nSPS) is 22.1. The van der Waals surface area contributed by atoms with E-state index in [0.717, 1.165) is 30.7 Å². The number of hydrogen-bond donors (Lipinski definition) is 1. The van der Waals surface area contributed by atoms with Gasteiger partial charge >= 0.3 is 6.18 Å². The van der Waals surface area contributed by atoms with Crippen LogP contribution in [0.3, 0.4) is 0 Å². The van der Waals surface area contributed by atoms with Crippen LogP contribution < -0.4 is 5.32 Å². The molecular formula is C13H16F3NO. The summed E-state index contributed by atoms with van der Waals surface area (Å²) >= 11 is 0. The summed E-state index contributed by atoms with van der Waals surface area (Å²) in [7, 11) is 0. The van der Waals surface area contributed by atoms with E-state index in [1.54, 1.807) is 0 Å². The van der Waals surface area contributed by atoms with Crippen LogP contribution >= 0.6 is 0 Å². The molecule has 1 aromatic rings. The topological polar surface area (TPSA) is 21.3 Å². The highest BCUT2D eigenvalue weighted by molar-refractivity contribution is 5.26. The van der Waals surface area contributed by atoms with Crippen molar-refractivity contribution in [3.63, 3.8) is 0 Å². The Morgan fingerprint density at radius 2 is 1.94 bits per heavy atom. The van der Waals surface area contributed by atoms with E-state index in [4.69, 9.17) is 4.74 Å². The van der Waals surface area contributed by atoms with Crippen LogP contribution in [0.15, 0.2) is 24.3 Å². The van der Waals surface area contributed by atoms with Crippen molar-refractivity contribution in [3.05, 3.63) is 35.4 Å². The molecular weight excluding hydrogens is 243 g/mol. The van der Waals surface area contributed by atoms with E-state index in [1.807, 2.05) is 6.92 Å². The zero-order chi connectivity index (χ0) is 13.2. The van der Waals surface area contributed by atoms with Gasteiger partial charge in [-0.25, -0.2) is 0 Å². The zero-order valence-electron chi connectivity index (χ0n) is 10.1. The number of hydrogen-bond acceptors (Lipinski definition) is 2. The molecule has 2 rings (SSSR count). The lowest BCUT2D eigenvalue weighted by atomic mass is 10.0. The Hall–Kier alpha value is -1.07. The second-order valence-corrected chi connectivity index (χ2v) is 4.57. The second kappa shape index (κ2) is 5.28. The molecule has 0 amide bonds. The molecule has 1 N–H and O–H groups in total. The number of ether oxygens (including phenoxy) is 1. The largest absolute Gasteiger partial charge is 0.416 e. The average molecular weight is 259 g/mol. The Morgan fingerprint density at radius 1 is 1.28 bits per heavy atom. The molecule has 2 unspecified atom stereocenters. The van der Waals surface area contributed by atoms with Crippen molar-refractivity contribution in [1.29, 1.82) is 0 Å². The maximum Gasteiger partial charge on any atom is 0.416 e. The van der Waals surface area contributed by atoms with Gasteiger partial charge in [-0.05, 0) is 31.0 Å². The van der Waals surface area contributed by atoms with Gasteiger partial charge in [-0.3, -0.25) is 0 Å². The van der Waals surface area contributed by atoms with E-state index in [0.29, 0.717) is 12.6 Å². The lowest BCUT2D eigenvalue weighted by molar-refractivity contribution is -0.137. The Labute approximate surface area is 104 Å². The Morgan fingerprint density at radius 3 is 2.44 bits per heavy atom. The summed E-state index contributed by atoms with van der Waals surface area (Å²) in [5.74, 6) is 0.